The number of aromatic nitrogens is 3. The van der Waals surface area contributed by atoms with Crippen LogP contribution in [-0.4, -0.2) is 27.5 Å². The summed E-state index contributed by atoms with van der Waals surface area (Å²) in [4.78, 5) is 4.64. The lowest BCUT2D eigenvalue weighted by molar-refractivity contribution is 0.110. The highest BCUT2D eigenvalue weighted by Crippen LogP contribution is 2.23. The maximum Gasteiger partial charge on any atom is 0.153 e. The molecule has 0 spiro atoms. The molecule has 0 saturated carbocycles. The number of ether oxygens (including phenoxy) is 1. The van der Waals surface area contributed by atoms with Gasteiger partial charge in [0.05, 0.1) is 12.1 Å². The van der Waals surface area contributed by atoms with Gasteiger partial charge in [-0.2, -0.15) is 5.10 Å². The summed E-state index contributed by atoms with van der Waals surface area (Å²) in [7, 11) is 0. The topological polar surface area (TPSA) is 39.9 Å². The highest BCUT2D eigenvalue weighted by atomic mass is 16.5. The van der Waals surface area contributed by atoms with Gasteiger partial charge in [-0.1, -0.05) is 0 Å². The quantitative estimate of drug-likeness (QED) is 0.765. The van der Waals surface area contributed by atoms with Crippen LogP contribution < -0.4 is 0 Å². The van der Waals surface area contributed by atoms with Crippen molar-refractivity contribution in [2.24, 2.45) is 0 Å². The normalized spacial score (nSPS) is 29.3. The van der Waals surface area contributed by atoms with Crippen molar-refractivity contribution in [1.82, 2.24) is 14.8 Å². The molecule has 1 aromatic heterocycles. The molecular formula is C12H19N3O. The summed E-state index contributed by atoms with van der Waals surface area (Å²) in [6.07, 6.45) is 7.18. The smallest absolute Gasteiger partial charge is 0.153 e. The van der Waals surface area contributed by atoms with E-state index in [9.17, 15) is 0 Å². The highest BCUT2D eigenvalue weighted by molar-refractivity contribution is 4.99. The molecule has 0 amide bonds. The minimum absolute atomic E-state index is 0.361. The number of hydrogen-bond donors (Lipinski definition) is 0. The van der Waals surface area contributed by atoms with Gasteiger partial charge >= 0.3 is 0 Å². The van der Waals surface area contributed by atoms with E-state index in [-0.39, 0.29) is 0 Å². The lowest BCUT2D eigenvalue weighted by Gasteiger charge is -2.18. The molecule has 1 saturated heterocycles. The van der Waals surface area contributed by atoms with Crippen LogP contribution in [0.1, 0.15) is 50.3 Å². The largest absolute Gasteiger partial charge is 0.378 e. The molecule has 4 heteroatoms. The Morgan fingerprint density at radius 2 is 2.31 bits per heavy atom. The fourth-order valence-corrected chi connectivity index (χ4v) is 2.70. The van der Waals surface area contributed by atoms with Gasteiger partial charge in [0.2, 0.25) is 0 Å². The molecule has 3 rings (SSSR count). The van der Waals surface area contributed by atoms with Crippen molar-refractivity contribution in [2.75, 3.05) is 6.61 Å². The zero-order valence-electron chi connectivity index (χ0n) is 9.85. The Bertz CT molecular complexity index is 368. The second kappa shape index (κ2) is 4.17. The molecule has 88 valence electrons. The van der Waals surface area contributed by atoms with Crippen molar-refractivity contribution < 1.29 is 4.74 Å². The minimum atomic E-state index is 0.361. The molecule has 3 heterocycles. The van der Waals surface area contributed by atoms with Gasteiger partial charge in [-0.3, -0.25) is 0 Å². The van der Waals surface area contributed by atoms with E-state index in [4.69, 9.17) is 4.74 Å². The molecule has 0 bridgehead atoms. The zero-order chi connectivity index (χ0) is 11.0. The van der Waals surface area contributed by atoms with Gasteiger partial charge in [0, 0.05) is 19.4 Å². The molecule has 1 aromatic rings. The number of hydrogen-bond acceptors (Lipinski definition) is 3. The summed E-state index contributed by atoms with van der Waals surface area (Å²) in [6.45, 7) is 3.14. The fourth-order valence-electron chi connectivity index (χ4n) is 2.70. The van der Waals surface area contributed by atoms with E-state index in [2.05, 4.69) is 21.7 Å². The Kier molecular flexibility index (Phi) is 2.67. The molecule has 0 aliphatic carbocycles. The van der Waals surface area contributed by atoms with Crippen molar-refractivity contribution >= 4 is 0 Å². The van der Waals surface area contributed by atoms with Gasteiger partial charge < -0.3 is 4.74 Å². The summed E-state index contributed by atoms with van der Waals surface area (Å²) >= 11 is 0. The molecular weight excluding hydrogens is 202 g/mol. The monoisotopic (exact) mass is 221 g/mol. The molecule has 2 aliphatic rings. The molecule has 0 N–H and O–H groups in total. The first-order valence-corrected chi connectivity index (χ1v) is 6.39. The van der Waals surface area contributed by atoms with E-state index in [1.807, 2.05) is 0 Å². The average molecular weight is 221 g/mol. The molecule has 2 aliphatic heterocycles. The average Bonchev–Trinajstić information content (AvgIpc) is 2.88. The van der Waals surface area contributed by atoms with E-state index in [1.165, 1.54) is 31.5 Å². The lowest BCUT2D eigenvalue weighted by Crippen LogP contribution is -2.16. The second-order valence-corrected chi connectivity index (χ2v) is 4.97. The summed E-state index contributed by atoms with van der Waals surface area (Å²) in [6, 6.07) is 0.523. The van der Waals surface area contributed by atoms with Crippen molar-refractivity contribution in [1.29, 1.82) is 0 Å². The fraction of sp³-hybridized carbons (Fsp3) is 0.833. The van der Waals surface area contributed by atoms with Crippen LogP contribution >= 0.6 is 0 Å². The first-order valence-electron chi connectivity index (χ1n) is 6.39. The van der Waals surface area contributed by atoms with Crippen LogP contribution in [0.4, 0.5) is 0 Å². The van der Waals surface area contributed by atoms with Gasteiger partial charge in [-0.15, -0.1) is 0 Å². The Morgan fingerprint density at radius 1 is 1.38 bits per heavy atom. The molecule has 0 aromatic carbocycles. The predicted octanol–water partition coefficient (Wildman–Crippen LogP) is 1.90. The molecule has 2 unspecified atom stereocenters. The van der Waals surface area contributed by atoms with Crippen LogP contribution in [0, 0.1) is 0 Å². The van der Waals surface area contributed by atoms with Gasteiger partial charge in [-0.25, -0.2) is 9.67 Å². The maximum absolute atomic E-state index is 5.63. The zero-order valence-corrected chi connectivity index (χ0v) is 9.85. The Hall–Kier alpha value is -0.900. The Morgan fingerprint density at radius 3 is 3.06 bits per heavy atom. The summed E-state index contributed by atoms with van der Waals surface area (Å²) in [5.74, 6) is 2.15. The van der Waals surface area contributed by atoms with Gasteiger partial charge in [-0.05, 0) is 32.6 Å². The van der Waals surface area contributed by atoms with Crippen molar-refractivity contribution in [3.05, 3.63) is 11.6 Å². The molecule has 0 radical (unpaired) electrons. The van der Waals surface area contributed by atoms with Crippen molar-refractivity contribution in [3.63, 3.8) is 0 Å². The Labute approximate surface area is 96.0 Å². The van der Waals surface area contributed by atoms with Crippen LogP contribution in [0.15, 0.2) is 0 Å². The third-order valence-electron chi connectivity index (χ3n) is 3.62. The number of rotatable bonds is 2. The van der Waals surface area contributed by atoms with Crippen LogP contribution in [-0.2, 0) is 17.6 Å². The van der Waals surface area contributed by atoms with E-state index < -0.39 is 0 Å². The van der Waals surface area contributed by atoms with E-state index in [1.54, 1.807) is 0 Å². The Balaban J connectivity index is 1.75. The van der Waals surface area contributed by atoms with E-state index >= 15 is 0 Å². The van der Waals surface area contributed by atoms with Crippen LogP contribution in [0.25, 0.3) is 0 Å². The first kappa shape index (κ1) is 10.3. The first-order chi connectivity index (χ1) is 7.83. The van der Waals surface area contributed by atoms with Gasteiger partial charge in [0.1, 0.15) is 5.82 Å². The van der Waals surface area contributed by atoms with E-state index in [0.29, 0.717) is 12.1 Å². The number of aryl methyl sites for hydroxylation is 1. The standard InChI is InChI=1S/C12H19N3O/c1-9-4-2-6-12-13-11(14-15(9)12)8-10-5-3-7-16-10/h9-10H,2-8H2,1H3. The molecule has 16 heavy (non-hydrogen) atoms. The van der Waals surface area contributed by atoms with Crippen LogP contribution in [0.2, 0.25) is 0 Å². The number of nitrogens with zero attached hydrogens (tertiary/aromatic N) is 3. The third-order valence-corrected chi connectivity index (χ3v) is 3.62. The summed E-state index contributed by atoms with van der Waals surface area (Å²) < 4.78 is 7.75. The summed E-state index contributed by atoms with van der Waals surface area (Å²) in [5, 5.41) is 4.62. The highest BCUT2D eigenvalue weighted by Gasteiger charge is 2.22. The summed E-state index contributed by atoms with van der Waals surface area (Å²) in [5.41, 5.74) is 0. The van der Waals surface area contributed by atoms with Crippen molar-refractivity contribution in [2.45, 2.75) is 57.6 Å². The maximum atomic E-state index is 5.63. The number of fused-ring (bicyclic) bond motifs is 1. The van der Waals surface area contributed by atoms with Crippen LogP contribution in [0.3, 0.4) is 0 Å². The van der Waals surface area contributed by atoms with Crippen molar-refractivity contribution in [3.8, 4) is 0 Å². The predicted molar refractivity (Wildman–Crippen MR) is 60.3 cm³/mol. The molecule has 1 fully saturated rings. The van der Waals surface area contributed by atoms with Gasteiger partial charge in [0.15, 0.2) is 5.82 Å². The second-order valence-electron chi connectivity index (χ2n) is 4.97. The van der Waals surface area contributed by atoms with E-state index in [0.717, 1.165) is 25.3 Å². The van der Waals surface area contributed by atoms with Gasteiger partial charge in [0.25, 0.3) is 0 Å². The molecule has 2 atom stereocenters. The lowest BCUT2D eigenvalue weighted by atomic mass is 10.1. The SMILES string of the molecule is CC1CCCc2nc(CC3CCCO3)nn21. The third kappa shape index (κ3) is 1.86. The minimum Gasteiger partial charge on any atom is -0.378 e. The molecule has 4 nitrogen and oxygen atoms in total. The van der Waals surface area contributed by atoms with Crippen LogP contribution in [0.5, 0.6) is 0 Å².